The number of carbonyl (C=O) groups excluding carboxylic acids is 3. The van der Waals surface area contributed by atoms with Crippen LogP contribution in [0.4, 0.5) is 4.79 Å². The third kappa shape index (κ3) is 3.14. The fourth-order valence-corrected chi connectivity index (χ4v) is 3.03. The minimum atomic E-state index is -0.938. The lowest BCUT2D eigenvalue weighted by Crippen LogP contribution is -2.61. The Labute approximate surface area is 124 Å². The van der Waals surface area contributed by atoms with Crippen LogP contribution in [0.15, 0.2) is 4.99 Å². The monoisotopic (exact) mass is 291 g/mol. The fourth-order valence-electron chi connectivity index (χ4n) is 3.03. The molecule has 2 aliphatic carbocycles. The zero-order valence-electron chi connectivity index (χ0n) is 12.1. The number of aliphatic imine (C=N–C) groups is 1. The van der Waals surface area contributed by atoms with Gasteiger partial charge in [0.1, 0.15) is 0 Å². The number of amides is 4. The Morgan fingerprint density at radius 3 is 2.29 bits per heavy atom. The van der Waals surface area contributed by atoms with Gasteiger partial charge in [0.05, 0.1) is 0 Å². The molecule has 1 aliphatic heterocycles. The van der Waals surface area contributed by atoms with Crippen LogP contribution in [-0.2, 0) is 9.59 Å². The summed E-state index contributed by atoms with van der Waals surface area (Å²) in [5, 5.41) is 2.31. The van der Waals surface area contributed by atoms with Gasteiger partial charge in [-0.05, 0) is 25.7 Å². The van der Waals surface area contributed by atoms with Crippen molar-refractivity contribution < 1.29 is 14.4 Å². The molecule has 0 radical (unpaired) electrons. The van der Waals surface area contributed by atoms with Crippen molar-refractivity contribution in [2.45, 2.75) is 63.5 Å². The van der Waals surface area contributed by atoms with Crippen molar-refractivity contribution in [2.75, 3.05) is 0 Å². The zero-order chi connectivity index (χ0) is 14.8. The van der Waals surface area contributed by atoms with Gasteiger partial charge in [-0.2, -0.15) is 0 Å². The Bertz CT molecular complexity index is 477. The van der Waals surface area contributed by atoms with Crippen LogP contribution in [0, 0.1) is 5.92 Å². The third-order valence-corrected chi connectivity index (χ3v) is 4.42. The van der Waals surface area contributed by atoms with E-state index < -0.39 is 23.8 Å². The van der Waals surface area contributed by atoms with E-state index in [1.165, 1.54) is 11.1 Å². The molecular weight excluding hydrogens is 270 g/mol. The summed E-state index contributed by atoms with van der Waals surface area (Å²) in [5.74, 6) is -1.88. The number of barbiturate groups is 1. The van der Waals surface area contributed by atoms with E-state index in [0.717, 1.165) is 51.4 Å². The van der Waals surface area contributed by atoms with Gasteiger partial charge in [0.2, 0.25) is 11.8 Å². The van der Waals surface area contributed by atoms with Crippen LogP contribution < -0.4 is 5.32 Å². The van der Waals surface area contributed by atoms with Crippen LogP contribution >= 0.6 is 0 Å². The third-order valence-electron chi connectivity index (χ3n) is 4.42. The van der Waals surface area contributed by atoms with Crippen LogP contribution in [0.1, 0.15) is 51.4 Å². The van der Waals surface area contributed by atoms with Crippen molar-refractivity contribution >= 4 is 24.1 Å². The van der Waals surface area contributed by atoms with Gasteiger partial charge >= 0.3 is 6.03 Å². The minimum Gasteiger partial charge on any atom is -0.293 e. The molecule has 3 aliphatic rings. The highest BCUT2D eigenvalue weighted by Gasteiger charge is 2.43. The molecule has 1 heterocycles. The Morgan fingerprint density at radius 1 is 1.00 bits per heavy atom. The van der Waals surface area contributed by atoms with Crippen LogP contribution in [0.25, 0.3) is 0 Å². The van der Waals surface area contributed by atoms with E-state index in [2.05, 4.69) is 10.3 Å². The summed E-state index contributed by atoms with van der Waals surface area (Å²) in [4.78, 5) is 42.0. The summed E-state index contributed by atoms with van der Waals surface area (Å²) in [7, 11) is 0. The normalized spacial score (nSPS) is 28.9. The first-order valence-electron chi connectivity index (χ1n) is 7.88. The van der Waals surface area contributed by atoms with Gasteiger partial charge in [0.25, 0.3) is 0 Å². The van der Waals surface area contributed by atoms with Crippen LogP contribution in [-0.4, -0.2) is 41.0 Å². The van der Waals surface area contributed by atoms with Crippen LogP contribution in [0.2, 0.25) is 0 Å². The topological polar surface area (TPSA) is 78.8 Å². The Hall–Kier alpha value is -1.72. The summed E-state index contributed by atoms with van der Waals surface area (Å²) < 4.78 is 0. The number of imide groups is 2. The lowest BCUT2D eigenvalue weighted by molar-refractivity contribution is -0.140. The minimum absolute atomic E-state index is 0.0788. The number of hydrogen-bond donors (Lipinski definition) is 1. The van der Waals surface area contributed by atoms with Gasteiger partial charge in [0.15, 0.2) is 5.92 Å². The van der Waals surface area contributed by atoms with E-state index in [1.54, 1.807) is 0 Å². The molecule has 114 valence electrons. The highest BCUT2D eigenvalue weighted by molar-refractivity contribution is 6.23. The first-order valence-corrected chi connectivity index (χ1v) is 7.88. The summed E-state index contributed by atoms with van der Waals surface area (Å²) >= 11 is 0. The van der Waals surface area contributed by atoms with Crippen molar-refractivity contribution in [1.82, 2.24) is 10.2 Å². The molecule has 6 nitrogen and oxygen atoms in total. The van der Waals surface area contributed by atoms with Crippen molar-refractivity contribution in [3.05, 3.63) is 0 Å². The summed E-state index contributed by atoms with van der Waals surface area (Å²) in [6.45, 7) is 0. The molecule has 3 fully saturated rings. The predicted molar refractivity (Wildman–Crippen MR) is 76.9 cm³/mol. The Morgan fingerprint density at radius 2 is 1.67 bits per heavy atom. The predicted octanol–water partition coefficient (Wildman–Crippen LogP) is 1.64. The zero-order valence-corrected chi connectivity index (χ0v) is 12.1. The molecule has 2 saturated carbocycles. The largest absolute Gasteiger partial charge is 0.331 e. The molecule has 3 rings (SSSR count). The average Bonchev–Trinajstić information content (AvgIpc) is 3.24. The number of carbonyl (C=O) groups is 3. The molecule has 1 saturated heterocycles. The molecule has 0 bridgehead atoms. The first-order chi connectivity index (χ1) is 10.2. The highest BCUT2D eigenvalue weighted by Crippen LogP contribution is 2.26. The molecule has 0 aromatic carbocycles. The van der Waals surface area contributed by atoms with Gasteiger partial charge in [-0.1, -0.05) is 25.7 Å². The summed E-state index contributed by atoms with van der Waals surface area (Å²) in [5.41, 5.74) is 0. The lowest BCUT2D eigenvalue weighted by atomic mass is 10.0. The van der Waals surface area contributed by atoms with Gasteiger partial charge in [-0.25, -0.2) is 4.79 Å². The number of nitrogens with one attached hydrogen (secondary N) is 1. The summed E-state index contributed by atoms with van der Waals surface area (Å²) in [6, 6.07) is -0.382. The Balaban J connectivity index is 1.76. The van der Waals surface area contributed by atoms with Gasteiger partial charge in [-0.3, -0.25) is 24.8 Å². The molecule has 0 aromatic heterocycles. The molecule has 0 unspecified atom stereocenters. The standard InChI is InChI=1S/C15H21N3O3/c19-13-12(9-16-10-7-8-10)14(20)18(15(21)17-13)11-5-3-1-2-4-6-11/h9-12H,1-8H2,(H,17,19,21)/t12-/m0/s1. The second-order valence-corrected chi connectivity index (χ2v) is 6.16. The van der Waals surface area contributed by atoms with Crippen molar-refractivity contribution in [1.29, 1.82) is 0 Å². The summed E-state index contributed by atoms with van der Waals surface area (Å²) in [6.07, 6.45) is 9.48. The lowest BCUT2D eigenvalue weighted by Gasteiger charge is -2.34. The van der Waals surface area contributed by atoms with E-state index in [4.69, 9.17) is 0 Å². The second kappa shape index (κ2) is 5.95. The maximum Gasteiger partial charge on any atom is 0.331 e. The van der Waals surface area contributed by atoms with E-state index in [1.807, 2.05) is 0 Å². The molecule has 1 N–H and O–H groups in total. The Kier molecular flexibility index (Phi) is 4.03. The van der Waals surface area contributed by atoms with Gasteiger partial charge < -0.3 is 0 Å². The molecular formula is C15H21N3O3. The number of urea groups is 1. The molecule has 1 atom stereocenters. The quantitative estimate of drug-likeness (QED) is 0.487. The number of rotatable bonds is 3. The van der Waals surface area contributed by atoms with Crippen molar-refractivity contribution in [3.63, 3.8) is 0 Å². The second-order valence-electron chi connectivity index (χ2n) is 6.16. The van der Waals surface area contributed by atoms with Gasteiger partial charge in [-0.15, -0.1) is 0 Å². The fraction of sp³-hybridized carbons (Fsp3) is 0.733. The van der Waals surface area contributed by atoms with E-state index in [9.17, 15) is 14.4 Å². The maximum atomic E-state index is 12.5. The van der Waals surface area contributed by atoms with E-state index >= 15 is 0 Å². The number of nitrogens with zero attached hydrogens (tertiary/aromatic N) is 2. The smallest absolute Gasteiger partial charge is 0.293 e. The average molecular weight is 291 g/mol. The molecule has 0 aromatic rings. The van der Waals surface area contributed by atoms with Crippen molar-refractivity contribution in [2.24, 2.45) is 10.9 Å². The molecule has 0 spiro atoms. The first kappa shape index (κ1) is 14.2. The number of hydrogen-bond acceptors (Lipinski definition) is 4. The molecule has 21 heavy (non-hydrogen) atoms. The highest BCUT2D eigenvalue weighted by atomic mass is 16.2. The molecule has 6 heteroatoms. The maximum absolute atomic E-state index is 12.5. The molecule has 4 amide bonds. The van der Waals surface area contributed by atoms with E-state index in [-0.39, 0.29) is 12.1 Å². The van der Waals surface area contributed by atoms with Crippen LogP contribution in [0.3, 0.4) is 0 Å². The van der Waals surface area contributed by atoms with Crippen molar-refractivity contribution in [3.8, 4) is 0 Å². The van der Waals surface area contributed by atoms with Gasteiger partial charge in [0, 0.05) is 18.3 Å². The van der Waals surface area contributed by atoms with E-state index in [0.29, 0.717) is 0 Å². The SMILES string of the molecule is O=C1NC(=O)N(C2CCCCCC2)C(=O)[C@H]1C=NC1CC1. The van der Waals surface area contributed by atoms with Crippen LogP contribution in [0.5, 0.6) is 0 Å².